The summed E-state index contributed by atoms with van der Waals surface area (Å²) in [5.41, 5.74) is 8.95. The Bertz CT molecular complexity index is 592. The van der Waals surface area contributed by atoms with Crippen LogP contribution < -0.4 is 10.4 Å². The van der Waals surface area contributed by atoms with Crippen molar-refractivity contribution in [1.29, 1.82) is 0 Å². The second kappa shape index (κ2) is 8.77. The highest BCUT2D eigenvalue weighted by Crippen LogP contribution is 2.35. The van der Waals surface area contributed by atoms with E-state index in [1.807, 2.05) is 0 Å². The number of hydrogen-bond donors (Lipinski definition) is 1. The molecular weight excluding hydrogens is 316 g/mol. The lowest BCUT2D eigenvalue weighted by molar-refractivity contribution is -0.754. The number of hydrogen-bond acceptors (Lipinski definition) is 2. The van der Waals surface area contributed by atoms with Crippen molar-refractivity contribution in [2.24, 2.45) is 5.73 Å². The van der Waals surface area contributed by atoms with Gasteiger partial charge in [0.05, 0.1) is 13.3 Å². The first-order valence-electron chi connectivity index (χ1n) is 8.32. The highest BCUT2D eigenvalue weighted by atomic mass is 28.3. The van der Waals surface area contributed by atoms with Gasteiger partial charge in [-0.2, -0.15) is 0 Å². The van der Waals surface area contributed by atoms with Crippen molar-refractivity contribution in [2.75, 3.05) is 0 Å². The number of allylic oxidation sites excluding steroid dienone is 3. The summed E-state index contributed by atoms with van der Waals surface area (Å²) in [5, 5.41) is 4.13. The van der Waals surface area contributed by atoms with Gasteiger partial charge in [0.25, 0.3) is 0 Å². The number of carbonyl (C=O) groups is 1. The molecule has 0 saturated carbocycles. The minimum atomic E-state index is -1.59. The summed E-state index contributed by atoms with van der Waals surface area (Å²) < 4.78 is 2.92. The first-order chi connectivity index (χ1) is 11.1. The van der Waals surface area contributed by atoms with E-state index < -0.39 is 14.1 Å². The van der Waals surface area contributed by atoms with Crippen LogP contribution in [0.5, 0.6) is 0 Å². The maximum atomic E-state index is 11.1. The van der Waals surface area contributed by atoms with E-state index in [-0.39, 0.29) is 0 Å². The molecule has 0 radical (unpaired) electrons. The van der Waals surface area contributed by atoms with Crippen LogP contribution in [0.1, 0.15) is 27.2 Å². The number of aryl methyl sites for hydroxylation is 1. The van der Waals surface area contributed by atoms with Crippen molar-refractivity contribution < 1.29 is 9.48 Å². The molecule has 0 fully saturated rings. The number of rotatable bonds is 10. The van der Waals surface area contributed by atoms with Gasteiger partial charge in [0.1, 0.15) is 6.54 Å². The molecule has 6 heteroatoms. The zero-order chi connectivity index (χ0) is 18.3. The fraction of sp³-hybridized carbons (Fsp3) is 0.500. The monoisotopic (exact) mass is 347 g/mol. The molecule has 132 valence electrons. The van der Waals surface area contributed by atoms with E-state index in [4.69, 9.17) is 5.73 Å². The van der Waals surface area contributed by atoms with Gasteiger partial charge in [0, 0.05) is 0 Å². The van der Waals surface area contributed by atoms with Crippen molar-refractivity contribution >= 4 is 14.1 Å². The molecule has 1 heterocycles. The largest absolute Gasteiger partial charge is 0.431 e. The van der Waals surface area contributed by atoms with E-state index in [0.29, 0.717) is 0 Å². The van der Waals surface area contributed by atoms with E-state index in [9.17, 15) is 4.79 Å². The van der Waals surface area contributed by atoms with Gasteiger partial charge >= 0.3 is 6.03 Å². The van der Waals surface area contributed by atoms with Crippen molar-refractivity contribution in [3.05, 3.63) is 48.8 Å². The maximum absolute atomic E-state index is 11.1. The Balaban J connectivity index is 2.81. The first-order valence-corrected chi connectivity index (χ1v) is 11.1. The lowest BCUT2D eigenvalue weighted by atomic mass is 10.4. The Morgan fingerprint density at radius 3 is 2.00 bits per heavy atom. The molecule has 24 heavy (non-hydrogen) atoms. The molecule has 0 aliphatic heterocycles. The molecule has 0 bridgehead atoms. The van der Waals surface area contributed by atoms with E-state index in [1.54, 1.807) is 17.1 Å². The molecule has 1 amide bonds. The predicted molar refractivity (Wildman–Crippen MR) is 101 cm³/mol. The second-order valence-electron chi connectivity index (χ2n) is 7.24. The minimum absolute atomic E-state index is 0.565. The van der Waals surface area contributed by atoms with Crippen LogP contribution in [0.4, 0.5) is 4.79 Å². The third-order valence-corrected chi connectivity index (χ3v) is 9.42. The van der Waals surface area contributed by atoms with Gasteiger partial charge in [-0.15, -0.1) is 24.4 Å². The second-order valence-corrected chi connectivity index (χ2v) is 11.8. The van der Waals surface area contributed by atoms with Crippen LogP contribution in [0, 0.1) is 0 Å². The third-order valence-electron chi connectivity index (χ3n) is 3.94. The average Bonchev–Trinajstić information content (AvgIpc) is 2.84. The maximum Gasteiger partial charge on any atom is 0.431 e. The van der Waals surface area contributed by atoms with Gasteiger partial charge < -0.3 is 5.73 Å². The van der Waals surface area contributed by atoms with Crippen LogP contribution in [-0.4, -0.2) is 24.0 Å². The predicted octanol–water partition coefficient (Wildman–Crippen LogP) is 3.66. The topological polar surface area (TPSA) is 64.8 Å². The molecule has 1 rings (SSSR count). The summed E-state index contributed by atoms with van der Waals surface area (Å²) in [6.07, 6.45) is 4.38. The summed E-state index contributed by atoms with van der Waals surface area (Å²) in [6.45, 7) is 19.6. The Hall–Kier alpha value is -1.95. The third kappa shape index (κ3) is 6.66. The standard InChI is InChI=1S/C18H30N4OSi/c1-15(2)12-24(13-16(3)4,14-17(5)6)11-7-8-21-9-10-22(20-21)18(19)23/h9-10H,1,3,5,7-8,11-14H2,2,4,6H3,(H-,19,23)/p+1. The van der Waals surface area contributed by atoms with Gasteiger partial charge in [-0.05, 0) is 50.0 Å². The van der Waals surface area contributed by atoms with E-state index in [2.05, 4.69) is 45.7 Å². The molecule has 1 aromatic heterocycles. The van der Waals surface area contributed by atoms with Crippen LogP contribution in [0.15, 0.2) is 48.8 Å². The molecular formula is C18H31N4OSi+. The fourth-order valence-corrected chi connectivity index (χ4v) is 9.20. The smallest absolute Gasteiger partial charge is 0.329 e. The first kappa shape index (κ1) is 20.1. The summed E-state index contributed by atoms with van der Waals surface area (Å²) >= 11 is 0. The van der Waals surface area contributed by atoms with E-state index in [0.717, 1.165) is 41.8 Å². The molecule has 0 unspecified atom stereocenters. The Morgan fingerprint density at radius 1 is 1.12 bits per heavy atom. The van der Waals surface area contributed by atoms with Crippen LogP contribution >= 0.6 is 0 Å². The molecule has 0 aliphatic rings. The molecule has 0 aliphatic carbocycles. The van der Waals surface area contributed by atoms with Crippen molar-refractivity contribution in [2.45, 2.75) is 57.9 Å². The molecule has 0 saturated heterocycles. The van der Waals surface area contributed by atoms with Crippen molar-refractivity contribution in [3.63, 3.8) is 0 Å². The number of nitrogens with two attached hydrogens (primary N) is 1. The highest BCUT2D eigenvalue weighted by molar-refractivity contribution is 6.81. The Morgan fingerprint density at radius 2 is 1.62 bits per heavy atom. The SMILES string of the molecule is C=C(C)C[Si](CCC[n+]1ccn(C(N)=O)n1)(CC(=C)C)CC(=C)C. The molecule has 0 spiro atoms. The summed E-state index contributed by atoms with van der Waals surface area (Å²) in [6, 6.07) is 3.91. The van der Waals surface area contributed by atoms with Gasteiger partial charge in [-0.25, -0.2) is 4.79 Å². The minimum Gasteiger partial charge on any atom is -0.329 e. The van der Waals surface area contributed by atoms with Crippen molar-refractivity contribution in [3.8, 4) is 0 Å². The van der Waals surface area contributed by atoms with Crippen LogP contribution in [0.2, 0.25) is 24.2 Å². The number of aromatic nitrogens is 3. The zero-order valence-electron chi connectivity index (χ0n) is 15.3. The normalized spacial score (nSPS) is 11.3. The Kier molecular flexibility index (Phi) is 7.35. The lowest BCUT2D eigenvalue weighted by Crippen LogP contribution is -2.40. The molecule has 0 atom stereocenters. The number of amides is 1. The summed E-state index contributed by atoms with van der Waals surface area (Å²) in [7, 11) is -1.59. The molecule has 2 N–H and O–H groups in total. The Labute approximate surface area is 146 Å². The van der Waals surface area contributed by atoms with Gasteiger partial charge in [0.2, 0.25) is 0 Å². The number of carbonyl (C=O) groups excluding carboxylic acids is 1. The van der Waals surface area contributed by atoms with Gasteiger partial charge in [0.15, 0.2) is 12.4 Å². The number of primary amides is 1. The van der Waals surface area contributed by atoms with Gasteiger partial charge in [-0.1, -0.05) is 22.8 Å². The van der Waals surface area contributed by atoms with Gasteiger partial charge in [-0.3, -0.25) is 0 Å². The number of nitrogens with zero attached hydrogens (tertiary/aromatic N) is 3. The zero-order valence-corrected chi connectivity index (χ0v) is 16.3. The van der Waals surface area contributed by atoms with E-state index in [1.165, 1.54) is 16.7 Å². The molecule has 5 nitrogen and oxygen atoms in total. The van der Waals surface area contributed by atoms with E-state index >= 15 is 0 Å². The highest BCUT2D eigenvalue weighted by Gasteiger charge is 2.32. The van der Waals surface area contributed by atoms with Crippen LogP contribution in [-0.2, 0) is 6.54 Å². The summed E-state index contributed by atoms with van der Waals surface area (Å²) in [5.74, 6) is 0. The van der Waals surface area contributed by atoms with Crippen LogP contribution in [0.3, 0.4) is 0 Å². The fourth-order valence-electron chi connectivity index (χ4n) is 3.55. The lowest BCUT2D eigenvalue weighted by Gasteiger charge is -2.33. The summed E-state index contributed by atoms with van der Waals surface area (Å²) in [4.78, 5) is 11.1. The van der Waals surface area contributed by atoms with Crippen LogP contribution in [0.25, 0.3) is 0 Å². The molecule has 0 aromatic carbocycles. The molecule has 1 aromatic rings. The van der Waals surface area contributed by atoms with Crippen molar-refractivity contribution in [1.82, 2.24) is 9.90 Å². The average molecular weight is 348 g/mol. The quantitative estimate of drug-likeness (QED) is 0.399.